The highest BCUT2D eigenvalue weighted by molar-refractivity contribution is 5.30. The molecule has 0 spiro atoms. The van der Waals surface area contributed by atoms with Gasteiger partial charge in [0.15, 0.2) is 5.75 Å². The van der Waals surface area contributed by atoms with E-state index in [-0.39, 0.29) is 12.1 Å². The van der Waals surface area contributed by atoms with E-state index in [0.29, 0.717) is 0 Å². The number of ether oxygens (including phenoxy) is 1. The van der Waals surface area contributed by atoms with Gasteiger partial charge in [0.05, 0.1) is 0 Å². The Hall–Kier alpha value is -1.63. The quantitative estimate of drug-likeness (QED) is 0.386. The van der Waals surface area contributed by atoms with Crippen molar-refractivity contribution in [2.24, 2.45) is 5.73 Å². The fourth-order valence-electron chi connectivity index (χ4n) is 0.945. The summed E-state index contributed by atoms with van der Waals surface area (Å²) in [4.78, 5) is 0. The minimum absolute atomic E-state index is 0.0323. The molecule has 0 bridgehead atoms. The third-order valence-electron chi connectivity index (χ3n) is 1.88. The van der Waals surface area contributed by atoms with Crippen LogP contribution in [0.15, 0.2) is 12.2 Å². The molecule has 0 saturated heterocycles. The summed E-state index contributed by atoms with van der Waals surface area (Å²) in [5.74, 6) is -11.7. The zero-order chi connectivity index (χ0) is 13.2. The highest BCUT2D eigenvalue weighted by atomic mass is 19.2. The summed E-state index contributed by atoms with van der Waals surface area (Å²) < 4.78 is 68.6. The first kappa shape index (κ1) is 13.4. The summed E-state index contributed by atoms with van der Waals surface area (Å²) in [5.41, 5.74) is 5.37. The number of benzene rings is 1. The molecule has 0 fully saturated rings. The minimum Gasteiger partial charge on any atom is -0.483 e. The molecule has 0 heterocycles. The van der Waals surface area contributed by atoms with Crippen LogP contribution in [0.5, 0.6) is 5.75 Å². The average Bonchev–Trinajstić information content (AvgIpc) is 2.33. The van der Waals surface area contributed by atoms with Crippen molar-refractivity contribution in [2.75, 3.05) is 13.2 Å². The van der Waals surface area contributed by atoms with E-state index in [9.17, 15) is 22.0 Å². The number of hydrogen-bond acceptors (Lipinski definition) is 2. The minimum atomic E-state index is -2.23. The SMILES string of the molecule is C=C(CN)COc1c(F)c(F)c(F)c(F)c1F. The summed E-state index contributed by atoms with van der Waals surface area (Å²) in [7, 11) is 0. The van der Waals surface area contributed by atoms with Crippen LogP contribution < -0.4 is 10.5 Å². The molecule has 94 valence electrons. The lowest BCUT2D eigenvalue weighted by molar-refractivity contribution is 0.281. The first-order valence-electron chi connectivity index (χ1n) is 4.41. The van der Waals surface area contributed by atoms with Crippen molar-refractivity contribution in [3.8, 4) is 5.75 Å². The van der Waals surface area contributed by atoms with Crippen LogP contribution in [0, 0.1) is 29.1 Å². The molecule has 0 unspecified atom stereocenters. The molecule has 2 nitrogen and oxygen atoms in total. The van der Waals surface area contributed by atoms with Gasteiger partial charge in [-0.25, -0.2) is 13.2 Å². The van der Waals surface area contributed by atoms with Crippen molar-refractivity contribution in [1.82, 2.24) is 0 Å². The number of halogens is 5. The van der Waals surface area contributed by atoms with Crippen molar-refractivity contribution in [2.45, 2.75) is 0 Å². The third-order valence-corrected chi connectivity index (χ3v) is 1.88. The van der Waals surface area contributed by atoms with Crippen molar-refractivity contribution in [3.05, 3.63) is 41.2 Å². The molecule has 0 aromatic heterocycles. The molecule has 1 rings (SSSR count). The normalized spacial score (nSPS) is 10.5. The molecule has 0 aliphatic heterocycles. The fourth-order valence-corrected chi connectivity index (χ4v) is 0.945. The van der Waals surface area contributed by atoms with E-state index in [1.54, 1.807) is 0 Å². The molecule has 0 aliphatic rings. The zero-order valence-electron chi connectivity index (χ0n) is 8.50. The van der Waals surface area contributed by atoms with Gasteiger partial charge in [-0.1, -0.05) is 6.58 Å². The molecule has 1 aromatic carbocycles. The molecule has 0 saturated carbocycles. The maximum Gasteiger partial charge on any atom is 0.207 e. The Balaban J connectivity index is 3.12. The Morgan fingerprint density at radius 1 is 0.941 bits per heavy atom. The highest BCUT2D eigenvalue weighted by Gasteiger charge is 2.26. The number of rotatable bonds is 4. The Labute approximate surface area is 93.5 Å². The van der Waals surface area contributed by atoms with Crippen molar-refractivity contribution < 1.29 is 26.7 Å². The van der Waals surface area contributed by atoms with Gasteiger partial charge in [-0.2, -0.15) is 8.78 Å². The van der Waals surface area contributed by atoms with E-state index in [2.05, 4.69) is 11.3 Å². The lowest BCUT2D eigenvalue weighted by Gasteiger charge is -2.10. The molecule has 17 heavy (non-hydrogen) atoms. The van der Waals surface area contributed by atoms with E-state index in [1.165, 1.54) is 0 Å². The lowest BCUT2D eigenvalue weighted by Crippen LogP contribution is -2.13. The van der Waals surface area contributed by atoms with Crippen LogP contribution in [-0.4, -0.2) is 13.2 Å². The summed E-state index contributed by atoms with van der Waals surface area (Å²) >= 11 is 0. The van der Waals surface area contributed by atoms with Crippen LogP contribution in [0.4, 0.5) is 22.0 Å². The molecule has 2 N–H and O–H groups in total. The largest absolute Gasteiger partial charge is 0.483 e. The maximum atomic E-state index is 13.1. The second-order valence-electron chi connectivity index (χ2n) is 3.14. The van der Waals surface area contributed by atoms with Crippen LogP contribution in [0.3, 0.4) is 0 Å². The average molecular weight is 253 g/mol. The first-order valence-corrected chi connectivity index (χ1v) is 4.41. The van der Waals surface area contributed by atoms with Gasteiger partial charge < -0.3 is 10.5 Å². The summed E-state index contributed by atoms with van der Waals surface area (Å²) in [5, 5.41) is 0. The zero-order valence-corrected chi connectivity index (χ0v) is 8.50. The van der Waals surface area contributed by atoms with Gasteiger partial charge in [-0.15, -0.1) is 0 Å². The van der Waals surface area contributed by atoms with Gasteiger partial charge in [0.25, 0.3) is 0 Å². The Kier molecular flexibility index (Phi) is 4.06. The second kappa shape index (κ2) is 5.13. The van der Waals surface area contributed by atoms with Gasteiger partial charge >= 0.3 is 0 Å². The van der Waals surface area contributed by atoms with Crippen molar-refractivity contribution >= 4 is 0 Å². The molecule has 0 aliphatic carbocycles. The number of hydrogen-bond donors (Lipinski definition) is 1. The van der Waals surface area contributed by atoms with E-state index < -0.39 is 41.4 Å². The Morgan fingerprint density at radius 2 is 1.35 bits per heavy atom. The van der Waals surface area contributed by atoms with E-state index in [4.69, 9.17) is 5.73 Å². The topological polar surface area (TPSA) is 35.2 Å². The Morgan fingerprint density at radius 3 is 1.76 bits per heavy atom. The fraction of sp³-hybridized carbons (Fsp3) is 0.200. The van der Waals surface area contributed by atoms with Crippen molar-refractivity contribution in [1.29, 1.82) is 0 Å². The third kappa shape index (κ3) is 2.55. The molecular weight excluding hydrogens is 245 g/mol. The van der Waals surface area contributed by atoms with Crippen molar-refractivity contribution in [3.63, 3.8) is 0 Å². The van der Waals surface area contributed by atoms with E-state index in [0.717, 1.165) is 0 Å². The van der Waals surface area contributed by atoms with Crippen LogP contribution in [0.1, 0.15) is 0 Å². The van der Waals surface area contributed by atoms with Crippen LogP contribution in [0.2, 0.25) is 0 Å². The number of nitrogens with two attached hydrogens (primary N) is 1. The van der Waals surface area contributed by atoms with Crippen LogP contribution in [-0.2, 0) is 0 Å². The molecule has 7 heteroatoms. The predicted molar refractivity (Wildman–Crippen MR) is 49.9 cm³/mol. The predicted octanol–water partition coefficient (Wildman–Crippen LogP) is 2.28. The summed E-state index contributed by atoms with van der Waals surface area (Å²) in [6.07, 6.45) is 0. The second-order valence-corrected chi connectivity index (χ2v) is 3.14. The molecule has 0 atom stereocenters. The summed E-state index contributed by atoms with van der Waals surface area (Å²) in [6, 6.07) is 0. The molecular formula is C10H8F5NO. The van der Waals surface area contributed by atoms with Crippen LogP contribution >= 0.6 is 0 Å². The van der Waals surface area contributed by atoms with Gasteiger partial charge in [0.2, 0.25) is 29.1 Å². The molecule has 0 radical (unpaired) electrons. The van der Waals surface area contributed by atoms with Gasteiger partial charge in [-0.3, -0.25) is 0 Å². The Bertz CT molecular complexity index is 431. The van der Waals surface area contributed by atoms with Gasteiger partial charge in [0, 0.05) is 6.54 Å². The monoisotopic (exact) mass is 253 g/mol. The molecule has 1 aromatic rings. The smallest absolute Gasteiger partial charge is 0.207 e. The first-order chi connectivity index (χ1) is 7.90. The van der Waals surface area contributed by atoms with Crippen LogP contribution in [0.25, 0.3) is 0 Å². The highest BCUT2D eigenvalue weighted by Crippen LogP contribution is 2.29. The maximum absolute atomic E-state index is 13.1. The van der Waals surface area contributed by atoms with E-state index in [1.807, 2.05) is 0 Å². The molecule has 0 amide bonds. The standard InChI is InChI=1S/C10H8F5NO/c1-4(2-16)3-17-10-8(14)6(12)5(11)7(13)9(10)15/h1-3,16H2. The van der Waals surface area contributed by atoms with Gasteiger partial charge in [-0.05, 0) is 5.57 Å². The van der Waals surface area contributed by atoms with Gasteiger partial charge in [0.1, 0.15) is 6.61 Å². The summed E-state index contributed by atoms with van der Waals surface area (Å²) in [6.45, 7) is 2.89. The van der Waals surface area contributed by atoms with E-state index >= 15 is 0 Å². The lowest BCUT2D eigenvalue weighted by atomic mass is 10.2.